The Balaban J connectivity index is 2.30. The van der Waals surface area contributed by atoms with Gasteiger partial charge in [0.05, 0.1) is 6.26 Å². The molecule has 0 unspecified atom stereocenters. The van der Waals surface area contributed by atoms with Crippen molar-refractivity contribution in [3.63, 3.8) is 0 Å². The highest BCUT2D eigenvalue weighted by atomic mass is 32.2. The zero-order valence-electron chi connectivity index (χ0n) is 15.2. The van der Waals surface area contributed by atoms with Crippen molar-refractivity contribution in [1.82, 2.24) is 19.7 Å². The number of carbonyl (C=O) groups is 1. The summed E-state index contributed by atoms with van der Waals surface area (Å²) >= 11 is 0. The molecule has 0 radical (unpaired) electrons. The Morgan fingerprint density at radius 1 is 1.10 bits per heavy atom. The first-order chi connectivity index (χ1) is 13.8. The number of phenols is 1. The predicted octanol–water partition coefficient (Wildman–Crippen LogP) is -1.19. The van der Waals surface area contributed by atoms with E-state index in [0.717, 1.165) is 18.4 Å². The first kappa shape index (κ1) is 23.0. The number of sulfonamides is 1. The summed E-state index contributed by atoms with van der Waals surface area (Å²) in [6.45, 7) is 0.107. The van der Waals surface area contributed by atoms with E-state index in [1.807, 2.05) is 0 Å². The van der Waals surface area contributed by atoms with Gasteiger partial charge in [0.1, 0.15) is 10.5 Å². The van der Waals surface area contributed by atoms with Gasteiger partial charge in [0.15, 0.2) is 5.75 Å². The molecular weight excluding hydrogens is 446 g/mol. The number of nitrogen functional groups attached to an aromatic ring is 1. The van der Waals surface area contributed by atoms with Crippen molar-refractivity contribution in [2.24, 2.45) is 0 Å². The van der Waals surface area contributed by atoms with E-state index < -0.39 is 42.3 Å². The second kappa shape index (κ2) is 8.61. The maximum absolute atomic E-state index is 11.4. The number of rotatable bonds is 9. The monoisotopic (exact) mass is 463 g/mol. The first-order valence-electron chi connectivity index (χ1n) is 7.81. The summed E-state index contributed by atoms with van der Waals surface area (Å²) in [5.41, 5.74) is 4.56. The van der Waals surface area contributed by atoms with Crippen molar-refractivity contribution in [2.75, 3.05) is 35.7 Å². The van der Waals surface area contributed by atoms with E-state index in [9.17, 15) is 31.3 Å². The van der Waals surface area contributed by atoms with Crippen LogP contribution < -0.4 is 21.1 Å². The Hall–Kier alpha value is -3.28. The van der Waals surface area contributed by atoms with Gasteiger partial charge in [-0.3, -0.25) is 4.55 Å². The van der Waals surface area contributed by atoms with E-state index in [4.69, 9.17) is 10.8 Å². The number of hydrogen-bond donors (Lipinski definition) is 7. The topological polar surface area (TPSA) is 247 Å². The average molecular weight is 463 g/mol. The number of nitrogens with zero attached hydrogens (tertiary/aromatic N) is 3. The summed E-state index contributed by atoms with van der Waals surface area (Å²) < 4.78 is 56.3. The number of carboxylic acid groups (broad SMARTS) is 1. The van der Waals surface area contributed by atoms with E-state index >= 15 is 0 Å². The Morgan fingerprint density at radius 2 is 1.73 bits per heavy atom. The number of aromatic carboxylic acids is 1. The molecule has 0 bridgehead atoms. The SMILES string of the molecule is CS(=O)(=O)NCCNc1nc(N)nc(Nc2cc(C(=O)O)c(O)c(S(=O)(=O)O)c2)n1. The van der Waals surface area contributed by atoms with Gasteiger partial charge >= 0.3 is 5.97 Å². The number of carboxylic acids is 1. The molecule has 30 heavy (non-hydrogen) atoms. The van der Waals surface area contributed by atoms with E-state index in [0.29, 0.717) is 0 Å². The molecule has 0 spiro atoms. The quantitative estimate of drug-likeness (QED) is 0.131. The Labute approximate surface area is 170 Å². The van der Waals surface area contributed by atoms with Crippen LogP contribution in [0.4, 0.5) is 23.5 Å². The minimum atomic E-state index is -4.95. The van der Waals surface area contributed by atoms with Gasteiger partial charge in [0.25, 0.3) is 10.1 Å². The minimum absolute atomic E-state index is 0.0187. The molecule has 0 aliphatic heterocycles. The number of benzene rings is 1. The maximum atomic E-state index is 11.4. The van der Waals surface area contributed by atoms with Crippen molar-refractivity contribution in [2.45, 2.75) is 4.90 Å². The number of aromatic nitrogens is 3. The molecule has 0 aliphatic carbocycles. The van der Waals surface area contributed by atoms with Crippen LogP contribution in [0.5, 0.6) is 5.75 Å². The Morgan fingerprint density at radius 3 is 2.30 bits per heavy atom. The highest BCUT2D eigenvalue weighted by Gasteiger charge is 2.23. The number of anilines is 4. The molecular formula is C13H17N7O8S2. The third-order valence-electron chi connectivity index (χ3n) is 3.26. The summed E-state index contributed by atoms with van der Waals surface area (Å²) in [7, 11) is -8.33. The van der Waals surface area contributed by atoms with Gasteiger partial charge in [-0.15, -0.1) is 0 Å². The van der Waals surface area contributed by atoms with Gasteiger partial charge in [0.2, 0.25) is 27.9 Å². The van der Waals surface area contributed by atoms with Crippen LogP contribution in [-0.4, -0.2) is 71.9 Å². The number of nitrogens with two attached hydrogens (primary N) is 1. The summed E-state index contributed by atoms with van der Waals surface area (Å²) in [6, 6.07) is 1.65. The normalized spacial score (nSPS) is 11.8. The number of hydrogen-bond acceptors (Lipinski definition) is 12. The zero-order chi connectivity index (χ0) is 22.7. The molecule has 17 heteroatoms. The molecule has 15 nitrogen and oxygen atoms in total. The lowest BCUT2D eigenvalue weighted by Crippen LogP contribution is -2.28. The predicted molar refractivity (Wildman–Crippen MR) is 104 cm³/mol. The summed E-state index contributed by atoms with van der Waals surface area (Å²) in [4.78, 5) is 21.7. The second-order valence-corrected chi connectivity index (χ2v) is 8.93. The van der Waals surface area contributed by atoms with Gasteiger partial charge in [0, 0.05) is 18.8 Å². The Kier molecular flexibility index (Phi) is 6.60. The van der Waals surface area contributed by atoms with E-state index in [2.05, 4.69) is 30.3 Å². The molecule has 0 amide bonds. The van der Waals surface area contributed by atoms with Crippen molar-refractivity contribution in [1.29, 1.82) is 0 Å². The van der Waals surface area contributed by atoms with Crippen molar-refractivity contribution >= 4 is 49.6 Å². The fourth-order valence-corrected chi connectivity index (χ4v) is 3.21. The van der Waals surface area contributed by atoms with Gasteiger partial charge in [-0.05, 0) is 12.1 Å². The maximum Gasteiger partial charge on any atom is 0.339 e. The summed E-state index contributed by atoms with van der Waals surface area (Å²) in [5.74, 6) is -3.36. The molecule has 0 saturated heterocycles. The molecule has 2 aromatic rings. The fourth-order valence-electron chi connectivity index (χ4n) is 2.11. The number of aromatic hydroxyl groups is 1. The molecule has 8 N–H and O–H groups in total. The molecule has 0 saturated carbocycles. The van der Waals surface area contributed by atoms with Crippen LogP contribution in [0.1, 0.15) is 10.4 Å². The standard InChI is InChI=1S/C13H17N7O8S2/c1-29(24,25)16-3-2-15-12-18-11(14)19-13(20-12)17-6-4-7(10(22)23)9(21)8(5-6)30(26,27)28/h4-5,16,21H,2-3H2,1H3,(H,22,23)(H,26,27,28)(H4,14,15,17,18,19,20). The van der Waals surface area contributed by atoms with Crippen LogP contribution >= 0.6 is 0 Å². The highest BCUT2D eigenvalue weighted by Crippen LogP contribution is 2.31. The minimum Gasteiger partial charge on any atom is -0.506 e. The third-order valence-corrected chi connectivity index (χ3v) is 4.86. The van der Waals surface area contributed by atoms with Gasteiger partial charge in [-0.2, -0.15) is 23.4 Å². The molecule has 1 aromatic heterocycles. The van der Waals surface area contributed by atoms with Crippen molar-refractivity contribution in [3.05, 3.63) is 17.7 Å². The Bertz CT molecular complexity index is 1180. The molecule has 0 fully saturated rings. The van der Waals surface area contributed by atoms with E-state index in [-0.39, 0.29) is 36.6 Å². The lowest BCUT2D eigenvalue weighted by atomic mass is 10.2. The van der Waals surface area contributed by atoms with E-state index in [1.165, 1.54) is 0 Å². The van der Waals surface area contributed by atoms with Crippen LogP contribution in [0, 0.1) is 0 Å². The molecule has 1 aromatic carbocycles. The van der Waals surface area contributed by atoms with Crippen LogP contribution in [0.3, 0.4) is 0 Å². The molecule has 0 aliphatic rings. The summed E-state index contributed by atoms with van der Waals surface area (Å²) in [5, 5.41) is 24.1. The second-order valence-electron chi connectivity index (χ2n) is 5.71. The van der Waals surface area contributed by atoms with Crippen LogP contribution in [0.15, 0.2) is 17.0 Å². The largest absolute Gasteiger partial charge is 0.506 e. The smallest absolute Gasteiger partial charge is 0.339 e. The van der Waals surface area contributed by atoms with Gasteiger partial charge in [-0.1, -0.05) is 0 Å². The first-order valence-corrected chi connectivity index (χ1v) is 11.1. The van der Waals surface area contributed by atoms with Crippen LogP contribution in [0.2, 0.25) is 0 Å². The molecule has 1 heterocycles. The molecule has 0 atom stereocenters. The van der Waals surface area contributed by atoms with Crippen LogP contribution in [-0.2, 0) is 20.1 Å². The lowest BCUT2D eigenvalue weighted by molar-refractivity contribution is 0.0693. The molecule has 164 valence electrons. The summed E-state index contributed by atoms with van der Waals surface area (Å²) in [6.07, 6.45) is 0.986. The van der Waals surface area contributed by atoms with Crippen LogP contribution in [0.25, 0.3) is 0 Å². The highest BCUT2D eigenvalue weighted by molar-refractivity contribution is 7.88. The van der Waals surface area contributed by atoms with Gasteiger partial charge < -0.3 is 26.6 Å². The van der Waals surface area contributed by atoms with Gasteiger partial charge in [-0.25, -0.2) is 17.9 Å². The average Bonchev–Trinajstić information content (AvgIpc) is 2.57. The fraction of sp³-hybridized carbons (Fsp3) is 0.231. The van der Waals surface area contributed by atoms with Crippen molar-refractivity contribution < 1.29 is 36.4 Å². The third kappa shape index (κ3) is 6.37. The molecule has 2 rings (SSSR count). The number of nitrogens with one attached hydrogen (secondary N) is 3. The van der Waals surface area contributed by atoms with Crippen molar-refractivity contribution in [3.8, 4) is 5.75 Å². The van der Waals surface area contributed by atoms with E-state index in [1.54, 1.807) is 0 Å². The zero-order valence-corrected chi connectivity index (χ0v) is 16.8. The lowest BCUT2D eigenvalue weighted by Gasteiger charge is -2.11.